The van der Waals surface area contributed by atoms with Crippen LogP contribution in [0.5, 0.6) is 0 Å². The summed E-state index contributed by atoms with van der Waals surface area (Å²) in [6.45, 7) is 8.88. The predicted octanol–water partition coefficient (Wildman–Crippen LogP) is 3.10. The van der Waals surface area contributed by atoms with Crippen LogP contribution in [0.25, 0.3) is 0 Å². The van der Waals surface area contributed by atoms with Crippen LogP contribution in [-0.2, 0) is 4.79 Å². The van der Waals surface area contributed by atoms with Crippen LogP contribution >= 0.6 is 0 Å². The number of nitrogens with zero attached hydrogens (tertiary/aromatic N) is 1. The average molecular weight is 298 g/mol. The smallest absolute Gasteiger partial charge is 0.317 e. The normalized spacial score (nSPS) is 21.4. The van der Waals surface area contributed by atoms with Gasteiger partial charge in [-0.1, -0.05) is 27.2 Å². The standard InChI is InChI=1S/C16H30N2O3/c1-11(2)14-9-6-10-18(14)16(21)17-13(4)8-5-7-12(3)15(19)20/h11-14H,5-10H2,1-4H3,(H,17,21)(H,19,20). The van der Waals surface area contributed by atoms with Crippen LogP contribution in [0.15, 0.2) is 0 Å². The lowest BCUT2D eigenvalue weighted by atomic mass is 10.0. The largest absolute Gasteiger partial charge is 0.481 e. The van der Waals surface area contributed by atoms with Crippen LogP contribution in [0.4, 0.5) is 4.79 Å². The van der Waals surface area contributed by atoms with Gasteiger partial charge >= 0.3 is 12.0 Å². The second-order valence-corrected chi connectivity index (χ2v) is 6.67. The van der Waals surface area contributed by atoms with Crippen molar-refractivity contribution in [1.29, 1.82) is 0 Å². The number of likely N-dealkylation sites (tertiary alicyclic amines) is 1. The molecule has 1 fully saturated rings. The number of hydrogen-bond donors (Lipinski definition) is 2. The third-order valence-electron chi connectivity index (χ3n) is 4.40. The van der Waals surface area contributed by atoms with E-state index in [-0.39, 0.29) is 18.0 Å². The van der Waals surface area contributed by atoms with E-state index >= 15 is 0 Å². The Morgan fingerprint density at radius 3 is 2.48 bits per heavy atom. The molecule has 1 aliphatic rings. The van der Waals surface area contributed by atoms with E-state index in [0.29, 0.717) is 18.4 Å². The highest BCUT2D eigenvalue weighted by molar-refractivity contribution is 5.75. The molecule has 0 aliphatic carbocycles. The Balaban J connectivity index is 2.32. The lowest BCUT2D eigenvalue weighted by Crippen LogP contribution is -2.47. The molecule has 2 amide bonds. The third-order valence-corrected chi connectivity index (χ3v) is 4.40. The van der Waals surface area contributed by atoms with Gasteiger partial charge in [-0.25, -0.2) is 4.79 Å². The molecule has 1 rings (SSSR count). The van der Waals surface area contributed by atoms with Gasteiger partial charge in [-0.15, -0.1) is 0 Å². The second kappa shape index (κ2) is 8.25. The molecule has 21 heavy (non-hydrogen) atoms. The number of hydrogen-bond acceptors (Lipinski definition) is 2. The number of carbonyl (C=O) groups is 2. The Morgan fingerprint density at radius 1 is 1.24 bits per heavy atom. The van der Waals surface area contributed by atoms with Crippen molar-refractivity contribution >= 4 is 12.0 Å². The number of carbonyl (C=O) groups excluding carboxylic acids is 1. The van der Waals surface area contributed by atoms with Gasteiger partial charge in [0.2, 0.25) is 0 Å². The van der Waals surface area contributed by atoms with Crippen molar-refractivity contribution in [3.63, 3.8) is 0 Å². The number of urea groups is 1. The first kappa shape index (κ1) is 17.8. The van der Waals surface area contributed by atoms with Gasteiger partial charge in [0.15, 0.2) is 0 Å². The molecule has 1 aliphatic heterocycles. The van der Waals surface area contributed by atoms with E-state index in [2.05, 4.69) is 19.2 Å². The molecule has 0 radical (unpaired) electrons. The van der Waals surface area contributed by atoms with Crippen molar-refractivity contribution in [1.82, 2.24) is 10.2 Å². The van der Waals surface area contributed by atoms with Gasteiger partial charge in [-0.2, -0.15) is 0 Å². The van der Waals surface area contributed by atoms with Gasteiger partial charge in [-0.05, 0) is 38.5 Å². The van der Waals surface area contributed by atoms with Gasteiger partial charge in [0.25, 0.3) is 0 Å². The molecule has 3 unspecified atom stereocenters. The number of aliphatic carboxylic acids is 1. The van der Waals surface area contributed by atoms with E-state index in [1.807, 2.05) is 11.8 Å². The van der Waals surface area contributed by atoms with Gasteiger partial charge < -0.3 is 15.3 Å². The van der Waals surface area contributed by atoms with Gasteiger partial charge in [0.1, 0.15) is 0 Å². The summed E-state index contributed by atoms with van der Waals surface area (Å²) in [6.07, 6.45) is 4.48. The van der Waals surface area contributed by atoms with Crippen LogP contribution in [0.2, 0.25) is 0 Å². The summed E-state index contributed by atoms with van der Waals surface area (Å²) in [5, 5.41) is 11.9. The maximum atomic E-state index is 12.3. The van der Waals surface area contributed by atoms with E-state index in [9.17, 15) is 9.59 Å². The lowest BCUT2D eigenvalue weighted by molar-refractivity contribution is -0.141. The summed E-state index contributed by atoms with van der Waals surface area (Å²) in [5.74, 6) is -0.565. The summed E-state index contributed by atoms with van der Waals surface area (Å²) >= 11 is 0. The van der Waals surface area contributed by atoms with Crippen LogP contribution in [0, 0.1) is 11.8 Å². The lowest BCUT2D eigenvalue weighted by Gasteiger charge is -2.29. The first-order valence-corrected chi connectivity index (χ1v) is 8.12. The minimum Gasteiger partial charge on any atom is -0.481 e. The second-order valence-electron chi connectivity index (χ2n) is 6.67. The highest BCUT2D eigenvalue weighted by Crippen LogP contribution is 2.23. The molecule has 0 spiro atoms. The number of nitrogens with one attached hydrogen (secondary N) is 1. The highest BCUT2D eigenvalue weighted by atomic mass is 16.4. The van der Waals surface area contributed by atoms with Crippen molar-refractivity contribution in [2.24, 2.45) is 11.8 Å². The number of rotatable bonds is 7. The highest BCUT2D eigenvalue weighted by Gasteiger charge is 2.31. The van der Waals surface area contributed by atoms with E-state index < -0.39 is 5.97 Å². The zero-order chi connectivity index (χ0) is 16.0. The molecule has 1 heterocycles. The quantitative estimate of drug-likeness (QED) is 0.759. The van der Waals surface area contributed by atoms with Crippen molar-refractivity contribution in [2.75, 3.05) is 6.54 Å². The molecular formula is C16H30N2O3. The first-order valence-electron chi connectivity index (χ1n) is 8.12. The monoisotopic (exact) mass is 298 g/mol. The molecule has 0 saturated carbocycles. The van der Waals surface area contributed by atoms with Gasteiger partial charge in [0, 0.05) is 18.6 Å². The summed E-state index contributed by atoms with van der Waals surface area (Å²) in [5.41, 5.74) is 0. The Bertz CT molecular complexity index is 357. The zero-order valence-electron chi connectivity index (χ0n) is 13.8. The van der Waals surface area contributed by atoms with E-state index in [0.717, 1.165) is 32.2 Å². The SMILES string of the molecule is CC(CCCC(C)C(=O)O)NC(=O)N1CCCC1C(C)C. The van der Waals surface area contributed by atoms with Crippen LogP contribution in [0.1, 0.15) is 59.8 Å². The minimum absolute atomic E-state index is 0.0324. The molecule has 1 saturated heterocycles. The number of carboxylic acid groups (broad SMARTS) is 1. The average Bonchev–Trinajstić information content (AvgIpc) is 2.87. The summed E-state index contributed by atoms with van der Waals surface area (Å²) in [6, 6.07) is 0.473. The fourth-order valence-corrected chi connectivity index (χ4v) is 2.96. The van der Waals surface area contributed by atoms with E-state index in [4.69, 9.17) is 5.11 Å². The summed E-state index contributed by atoms with van der Waals surface area (Å²) in [4.78, 5) is 25.0. The number of carboxylic acids is 1. The third kappa shape index (κ3) is 5.56. The number of amides is 2. The van der Waals surface area contributed by atoms with Crippen LogP contribution in [-0.4, -0.2) is 40.6 Å². The predicted molar refractivity (Wildman–Crippen MR) is 83.2 cm³/mol. The summed E-state index contributed by atoms with van der Waals surface area (Å²) < 4.78 is 0. The minimum atomic E-state index is -0.747. The molecule has 0 aromatic rings. The Labute approximate surface area is 128 Å². The first-order chi connectivity index (χ1) is 9.82. The Hall–Kier alpha value is -1.26. The molecule has 3 atom stereocenters. The molecule has 5 nitrogen and oxygen atoms in total. The van der Waals surface area contributed by atoms with Crippen molar-refractivity contribution in [2.45, 2.75) is 71.9 Å². The van der Waals surface area contributed by atoms with Gasteiger partial charge in [-0.3, -0.25) is 4.79 Å². The van der Waals surface area contributed by atoms with Crippen molar-refractivity contribution in [3.8, 4) is 0 Å². The zero-order valence-corrected chi connectivity index (χ0v) is 13.8. The fraction of sp³-hybridized carbons (Fsp3) is 0.875. The molecule has 0 bridgehead atoms. The maximum absolute atomic E-state index is 12.3. The fourth-order valence-electron chi connectivity index (χ4n) is 2.96. The van der Waals surface area contributed by atoms with E-state index in [1.54, 1.807) is 6.92 Å². The maximum Gasteiger partial charge on any atom is 0.317 e. The molecule has 2 N–H and O–H groups in total. The topological polar surface area (TPSA) is 69.6 Å². The molecular weight excluding hydrogens is 268 g/mol. The molecule has 0 aromatic carbocycles. The van der Waals surface area contributed by atoms with Crippen LogP contribution < -0.4 is 5.32 Å². The summed E-state index contributed by atoms with van der Waals surface area (Å²) in [7, 11) is 0. The van der Waals surface area contributed by atoms with Crippen molar-refractivity contribution in [3.05, 3.63) is 0 Å². The van der Waals surface area contributed by atoms with Gasteiger partial charge in [0.05, 0.1) is 5.92 Å². The molecule has 5 heteroatoms. The molecule has 122 valence electrons. The molecule has 0 aromatic heterocycles. The Morgan fingerprint density at radius 2 is 1.90 bits per heavy atom. The van der Waals surface area contributed by atoms with E-state index in [1.165, 1.54) is 0 Å². The van der Waals surface area contributed by atoms with Crippen LogP contribution in [0.3, 0.4) is 0 Å². The van der Waals surface area contributed by atoms with Crippen molar-refractivity contribution < 1.29 is 14.7 Å². The Kier molecular flexibility index (Phi) is 6.99.